The molecule has 0 radical (unpaired) electrons. The lowest BCUT2D eigenvalue weighted by Gasteiger charge is -2.49. The molecular formula is C45H35N3S. The molecule has 0 saturated heterocycles. The Morgan fingerprint density at radius 2 is 0.980 bits per heavy atom. The van der Waals surface area contributed by atoms with Gasteiger partial charge in [-0.05, 0) is 69.1 Å². The number of nitrogens with zero attached hydrogens (tertiary/aromatic N) is 3. The van der Waals surface area contributed by atoms with Crippen molar-refractivity contribution in [2.45, 2.75) is 38.5 Å². The van der Waals surface area contributed by atoms with Gasteiger partial charge in [0.1, 0.15) is 0 Å². The standard InChI is InChI=1S/C45H35N3S/c1-44(2)37-24-22-30(26-35(37)34-20-13-19-32(40(34)45(44,3)4)28-14-7-5-8-15-28)42-46-41(29-16-9-6-10-17-29)47-43(48-42)31-23-25-39-36(27-31)33-18-11-12-21-38(33)49-39/h5-27H,1-4H3. The summed E-state index contributed by atoms with van der Waals surface area (Å²) in [6.07, 6.45) is 0. The maximum atomic E-state index is 5.19. The highest BCUT2D eigenvalue weighted by Gasteiger charge is 2.47. The molecule has 4 heteroatoms. The fraction of sp³-hybridized carbons (Fsp3) is 0.133. The summed E-state index contributed by atoms with van der Waals surface area (Å²) >= 11 is 1.82. The Morgan fingerprint density at radius 3 is 1.71 bits per heavy atom. The molecule has 8 aromatic rings. The van der Waals surface area contributed by atoms with Crippen LogP contribution < -0.4 is 0 Å². The smallest absolute Gasteiger partial charge is 0.164 e. The van der Waals surface area contributed by atoms with Crippen molar-refractivity contribution in [3.05, 3.63) is 151 Å². The van der Waals surface area contributed by atoms with Gasteiger partial charge >= 0.3 is 0 Å². The second-order valence-electron chi connectivity index (χ2n) is 14.1. The first-order chi connectivity index (χ1) is 23.8. The molecule has 0 aliphatic heterocycles. The fourth-order valence-electron chi connectivity index (χ4n) is 7.62. The third-order valence-electron chi connectivity index (χ3n) is 10.9. The molecule has 0 fully saturated rings. The van der Waals surface area contributed by atoms with Gasteiger partial charge < -0.3 is 0 Å². The van der Waals surface area contributed by atoms with Crippen LogP contribution in [-0.2, 0) is 10.8 Å². The maximum Gasteiger partial charge on any atom is 0.164 e. The zero-order valence-electron chi connectivity index (χ0n) is 28.0. The summed E-state index contributed by atoms with van der Waals surface area (Å²) < 4.78 is 2.54. The lowest BCUT2D eigenvalue weighted by atomic mass is 9.54. The van der Waals surface area contributed by atoms with Crippen molar-refractivity contribution >= 4 is 31.5 Å². The predicted octanol–water partition coefficient (Wildman–Crippen LogP) is 12.1. The third-order valence-corrected chi connectivity index (χ3v) is 12.0. The first-order valence-electron chi connectivity index (χ1n) is 16.9. The van der Waals surface area contributed by atoms with Crippen molar-refractivity contribution in [1.82, 2.24) is 15.0 Å². The molecule has 0 N–H and O–H groups in total. The molecule has 2 heterocycles. The van der Waals surface area contributed by atoms with Crippen molar-refractivity contribution in [3.63, 3.8) is 0 Å². The van der Waals surface area contributed by atoms with E-state index >= 15 is 0 Å². The summed E-state index contributed by atoms with van der Waals surface area (Å²) in [7, 11) is 0. The summed E-state index contributed by atoms with van der Waals surface area (Å²) in [5.41, 5.74) is 10.5. The average Bonchev–Trinajstić information content (AvgIpc) is 3.52. The Balaban J connectivity index is 1.25. The van der Waals surface area contributed by atoms with E-state index in [1.165, 1.54) is 53.6 Å². The van der Waals surface area contributed by atoms with Gasteiger partial charge in [-0.25, -0.2) is 15.0 Å². The number of benzene rings is 6. The Morgan fingerprint density at radius 1 is 0.408 bits per heavy atom. The van der Waals surface area contributed by atoms with Gasteiger partial charge in [-0.1, -0.05) is 137 Å². The molecular weight excluding hydrogens is 615 g/mol. The zero-order valence-corrected chi connectivity index (χ0v) is 28.8. The van der Waals surface area contributed by atoms with Crippen LogP contribution in [0.4, 0.5) is 0 Å². The van der Waals surface area contributed by atoms with Crippen LogP contribution in [0.15, 0.2) is 140 Å². The monoisotopic (exact) mass is 649 g/mol. The van der Waals surface area contributed by atoms with Gasteiger partial charge in [0.25, 0.3) is 0 Å². The number of thiophene rings is 1. The third kappa shape index (κ3) is 4.66. The molecule has 6 aromatic carbocycles. The van der Waals surface area contributed by atoms with Crippen LogP contribution in [0.25, 0.3) is 76.6 Å². The lowest BCUT2D eigenvalue weighted by Crippen LogP contribution is -2.44. The SMILES string of the molecule is CC1(C)c2ccc(-c3nc(-c4ccccc4)nc(-c4ccc5sc6ccccc6c5c4)n3)cc2-c2cccc(-c3ccccc3)c2C1(C)C. The van der Waals surface area contributed by atoms with E-state index < -0.39 is 0 Å². The number of fused-ring (bicyclic) bond motifs is 6. The zero-order chi connectivity index (χ0) is 33.3. The largest absolute Gasteiger partial charge is 0.208 e. The van der Waals surface area contributed by atoms with Crippen LogP contribution in [0, 0.1) is 0 Å². The molecule has 236 valence electrons. The van der Waals surface area contributed by atoms with Gasteiger partial charge in [-0.2, -0.15) is 0 Å². The average molecular weight is 650 g/mol. The Labute approximate surface area is 291 Å². The minimum absolute atomic E-state index is 0.116. The predicted molar refractivity (Wildman–Crippen MR) is 206 cm³/mol. The quantitative estimate of drug-likeness (QED) is 0.190. The summed E-state index contributed by atoms with van der Waals surface area (Å²) in [5.74, 6) is 2.01. The molecule has 0 unspecified atom stereocenters. The van der Waals surface area contributed by atoms with Crippen molar-refractivity contribution in [2.24, 2.45) is 0 Å². The van der Waals surface area contributed by atoms with Gasteiger partial charge in [0.2, 0.25) is 0 Å². The molecule has 0 atom stereocenters. The van der Waals surface area contributed by atoms with E-state index in [2.05, 4.69) is 149 Å². The van der Waals surface area contributed by atoms with E-state index in [0.717, 1.165) is 16.7 Å². The molecule has 0 bridgehead atoms. The van der Waals surface area contributed by atoms with Gasteiger partial charge in [0.05, 0.1) is 0 Å². The van der Waals surface area contributed by atoms with Crippen LogP contribution in [0.5, 0.6) is 0 Å². The second kappa shape index (κ2) is 11.0. The van der Waals surface area contributed by atoms with Crippen LogP contribution in [0.2, 0.25) is 0 Å². The minimum Gasteiger partial charge on any atom is -0.208 e. The van der Waals surface area contributed by atoms with E-state index in [1.54, 1.807) is 0 Å². The molecule has 1 aliphatic carbocycles. The molecule has 0 amide bonds. The molecule has 0 saturated carbocycles. The highest BCUT2D eigenvalue weighted by molar-refractivity contribution is 7.25. The highest BCUT2D eigenvalue weighted by atomic mass is 32.1. The normalized spacial score (nSPS) is 14.4. The summed E-state index contributed by atoms with van der Waals surface area (Å²) in [6.45, 7) is 9.56. The first-order valence-corrected chi connectivity index (χ1v) is 17.7. The van der Waals surface area contributed by atoms with Gasteiger partial charge in [0.15, 0.2) is 17.5 Å². The summed E-state index contributed by atoms with van der Waals surface area (Å²) in [4.78, 5) is 15.4. The molecule has 3 nitrogen and oxygen atoms in total. The molecule has 0 spiro atoms. The number of rotatable bonds is 4. The molecule has 49 heavy (non-hydrogen) atoms. The van der Waals surface area contributed by atoms with Gasteiger partial charge in [0, 0.05) is 42.3 Å². The Kier molecular flexibility index (Phi) is 6.69. The Hall–Kier alpha value is -5.45. The van der Waals surface area contributed by atoms with Crippen LogP contribution in [-0.4, -0.2) is 15.0 Å². The highest BCUT2D eigenvalue weighted by Crippen LogP contribution is 2.56. The van der Waals surface area contributed by atoms with Crippen molar-refractivity contribution in [3.8, 4) is 56.4 Å². The molecule has 9 rings (SSSR count). The summed E-state index contributed by atoms with van der Waals surface area (Å²) in [6, 6.07) is 49.8. The first kappa shape index (κ1) is 29.7. The van der Waals surface area contributed by atoms with E-state index in [1.807, 2.05) is 29.5 Å². The van der Waals surface area contributed by atoms with Crippen molar-refractivity contribution < 1.29 is 0 Å². The second-order valence-corrected chi connectivity index (χ2v) is 15.2. The van der Waals surface area contributed by atoms with E-state index in [-0.39, 0.29) is 10.8 Å². The molecule has 2 aromatic heterocycles. The van der Waals surface area contributed by atoms with Gasteiger partial charge in [-0.3, -0.25) is 0 Å². The van der Waals surface area contributed by atoms with Gasteiger partial charge in [-0.15, -0.1) is 11.3 Å². The van der Waals surface area contributed by atoms with Crippen LogP contribution >= 0.6 is 11.3 Å². The van der Waals surface area contributed by atoms with E-state index in [9.17, 15) is 0 Å². The number of aromatic nitrogens is 3. The number of hydrogen-bond donors (Lipinski definition) is 0. The van der Waals surface area contributed by atoms with Crippen LogP contribution in [0.3, 0.4) is 0 Å². The van der Waals surface area contributed by atoms with E-state index in [0.29, 0.717) is 17.5 Å². The topological polar surface area (TPSA) is 38.7 Å². The number of hydrogen-bond acceptors (Lipinski definition) is 4. The fourth-order valence-corrected chi connectivity index (χ4v) is 8.71. The van der Waals surface area contributed by atoms with Crippen LogP contribution in [0.1, 0.15) is 38.8 Å². The maximum absolute atomic E-state index is 5.19. The van der Waals surface area contributed by atoms with E-state index in [4.69, 9.17) is 15.0 Å². The van der Waals surface area contributed by atoms with Crippen molar-refractivity contribution in [1.29, 1.82) is 0 Å². The summed E-state index contributed by atoms with van der Waals surface area (Å²) in [5, 5.41) is 2.49. The van der Waals surface area contributed by atoms with Crippen molar-refractivity contribution in [2.75, 3.05) is 0 Å². The minimum atomic E-state index is -0.128. The lowest BCUT2D eigenvalue weighted by molar-refractivity contribution is 0.300. The molecule has 1 aliphatic rings. The Bertz CT molecular complexity index is 2550.